The molecule has 2 aromatic rings. The van der Waals surface area contributed by atoms with Crippen molar-refractivity contribution in [3.8, 4) is 11.3 Å². The highest BCUT2D eigenvalue weighted by Crippen LogP contribution is 2.34. The van der Waals surface area contributed by atoms with Crippen molar-refractivity contribution in [2.24, 2.45) is 0 Å². The van der Waals surface area contributed by atoms with Gasteiger partial charge in [-0.15, -0.1) is 0 Å². The summed E-state index contributed by atoms with van der Waals surface area (Å²) in [6.45, 7) is 3.81. The Bertz CT molecular complexity index is 687. The Labute approximate surface area is 119 Å². The van der Waals surface area contributed by atoms with Crippen molar-refractivity contribution in [1.82, 2.24) is 4.57 Å². The van der Waals surface area contributed by atoms with Gasteiger partial charge in [-0.2, -0.15) is 13.2 Å². The highest BCUT2D eigenvalue weighted by Gasteiger charge is 2.31. The molecule has 0 radical (unpaired) electrons. The first kappa shape index (κ1) is 15.2. The van der Waals surface area contributed by atoms with Gasteiger partial charge in [-0.05, 0) is 43.7 Å². The average molecular weight is 297 g/mol. The first-order chi connectivity index (χ1) is 9.75. The lowest BCUT2D eigenvalue weighted by Gasteiger charge is -2.14. The third-order valence-electron chi connectivity index (χ3n) is 3.36. The molecular formula is C15H14F3NO2. The highest BCUT2D eigenvalue weighted by molar-refractivity contribution is 5.87. The number of aromatic nitrogens is 1. The molecule has 0 atom stereocenters. The maximum Gasteiger partial charge on any atom is 0.416 e. The number of halogens is 3. The van der Waals surface area contributed by atoms with Crippen molar-refractivity contribution in [2.75, 3.05) is 0 Å². The second-order valence-electron chi connectivity index (χ2n) is 4.68. The summed E-state index contributed by atoms with van der Waals surface area (Å²) in [5, 5.41) is 9.11. The van der Waals surface area contributed by atoms with E-state index in [4.69, 9.17) is 5.11 Å². The number of carboxylic acid groups (broad SMARTS) is 1. The van der Waals surface area contributed by atoms with Gasteiger partial charge in [0.2, 0.25) is 0 Å². The molecule has 0 amide bonds. The Morgan fingerprint density at radius 2 is 1.90 bits per heavy atom. The van der Waals surface area contributed by atoms with Crippen molar-refractivity contribution < 1.29 is 23.1 Å². The Morgan fingerprint density at radius 1 is 1.24 bits per heavy atom. The van der Waals surface area contributed by atoms with Crippen LogP contribution in [0.15, 0.2) is 30.3 Å². The van der Waals surface area contributed by atoms with E-state index < -0.39 is 17.7 Å². The number of aryl methyl sites for hydroxylation is 1. The van der Waals surface area contributed by atoms with Crippen LogP contribution in [0.3, 0.4) is 0 Å². The molecule has 1 aromatic carbocycles. The van der Waals surface area contributed by atoms with Crippen LogP contribution < -0.4 is 0 Å². The zero-order valence-corrected chi connectivity index (χ0v) is 11.5. The number of nitrogens with zero attached hydrogens (tertiary/aromatic N) is 1. The average Bonchev–Trinajstić information content (AvgIpc) is 2.81. The van der Waals surface area contributed by atoms with Crippen molar-refractivity contribution in [3.05, 3.63) is 47.2 Å². The molecule has 1 aromatic heterocycles. The van der Waals surface area contributed by atoms with Gasteiger partial charge in [-0.25, -0.2) is 4.79 Å². The van der Waals surface area contributed by atoms with Crippen LogP contribution in [-0.2, 0) is 12.7 Å². The summed E-state index contributed by atoms with van der Waals surface area (Å²) in [6.07, 6.45) is -4.43. The van der Waals surface area contributed by atoms with E-state index in [9.17, 15) is 18.0 Å². The first-order valence-electron chi connectivity index (χ1n) is 6.36. The summed E-state index contributed by atoms with van der Waals surface area (Å²) in [5.74, 6) is -1.10. The smallest absolute Gasteiger partial charge is 0.416 e. The van der Waals surface area contributed by atoms with Gasteiger partial charge in [0.1, 0.15) is 5.69 Å². The Morgan fingerprint density at radius 3 is 2.43 bits per heavy atom. The topological polar surface area (TPSA) is 42.2 Å². The summed E-state index contributed by atoms with van der Waals surface area (Å²) in [7, 11) is 0. The van der Waals surface area contributed by atoms with Crippen LogP contribution >= 0.6 is 0 Å². The molecule has 0 aliphatic carbocycles. The van der Waals surface area contributed by atoms with E-state index in [1.54, 1.807) is 13.8 Å². The quantitative estimate of drug-likeness (QED) is 0.922. The number of carboxylic acids is 1. The normalized spacial score (nSPS) is 11.7. The molecule has 112 valence electrons. The molecule has 0 bridgehead atoms. The molecule has 0 aliphatic heterocycles. The number of carbonyl (C=O) groups is 1. The minimum Gasteiger partial charge on any atom is -0.477 e. The largest absolute Gasteiger partial charge is 0.477 e. The fourth-order valence-corrected chi connectivity index (χ4v) is 2.30. The van der Waals surface area contributed by atoms with Crippen molar-refractivity contribution in [2.45, 2.75) is 26.6 Å². The van der Waals surface area contributed by atoms with Crippen LogP contribution in [0.2, 0.25) is 0 Å². The maximum atomic E-state index is 12.8. The van der Waals surface area contributed by atoms with E-state index in [0.717, 1.165) is 12.1 Å². The third kappa shape index (κ3) is 2.79. The minimum atomic E-state index is -4.43. The molecule has 21 heavy (non-hydrogen) atoms. The van der Waals surface area contributed by atoms with Crippen LogP contribution in [0.25, 0.3) is 11.3 Å². The molecular weight excluding hydrogens is 283 g/mol. The van der Waals surface area contributed by atoms with Crippen LogP contribution in [0.4, 0.5) is 13.2 Å². The summed E-state index contributed by atoms with van der Waals surface area (Å²) in [4.78, 5) is 11.1. The molecule has 0 fully saturated rings. The van der Waals surface area contributed by atoms with Crippen LogP contribution in [0.5, 0.6) is 0 Å². The standard InChI is InChI=1S/C15H14F3NO2/c1-3-19-12(6-7-13(19)14(20)21)11-8-10(15(16,17)18)5-4-9(11)2/h4-8H,3H2,1-2H3,(H,20,21). The zero-order chi connectivity index (χ0) is 15.8. The number of hydrogen-bond donors (Lipinski definition) is 1. The van der Waals surface area contributed by atoms with Crippen LogP contribution in [-0.4, -0.2) is 15.6 Å². The molecule has 0 saturated carbocycles. The van der Waals surface area contributed by atoms with Crippen molar-refractivity contribution in [1.29, 1.82) is 0 Å². The van der Waals surface area contributed by atoms with Crippen molar-refractivity contribution >= 4 is 5.97 Å². The molecule has 1 N–H and O–H groups in total. The lowest BCUT2D eigenvalue weighted by Crippen LogP contribution is -2.09. The Kier molecular flexibility index (Phi) is 3.80. The van der Waals surface area contributed by atoms with E-state index in [0.29, 0.717) is 23.4 Å². The second kappa shape index (κ2) is 5.27. The summed E-state index contributed by atoms with van der Waals surface area (Å²) < 4.78 is 40.0. The lowest BCUT2D eigenvalue weighted by atomic mass is 10.0. The third-order valence-corrected chi connectivity index (χ3v) is 3.36. The lowest BCUT2D eigenvalue weighted by molar-refractivity contribution is -0.137. The van der Waals surface area contributed by atoms with Gasteiger partial charge in [0.25, 0.3) is 0 Å². The zero-order valence-electron chi connectivity index (χ0n) is 11.5. The predicted octanol–water partition coefficient (Wildman–Crippen LogP) is 4.20. The van der Waals surface area contributed by atoms with Gasteiger partial charge in [-0.1, -0.05) is 6.07 Å². The second-order valence-corrected chi connectivity index (χ2v) is 4.68. The van der Waals surface area contributed by atoms with Crippen LogP contribution in [0, 0.1) is 6.92 Å². The minimum absolute atomic E-state index is 0.0595. The van der Waals surface area contributed by atoms with Gasteiger partial charge in [0.05, 0.1) is 5.56 Å². The van der Waals surface area contributed by atoms with Crippen LogP contribution in [0.1, 0.15) is 28.5 Å². The van der Waals surface area contributed by atoms with E-state index >= 15 is 0 Å². The number of benzene rings is 1. The number of rotatable bonds is 3. The first-order valence-corrected chi connectivity index (χ1v) is 6.36. The van der Waals surface area contributed by atoms with Gasteiger partial charge in [-0.3, -0.25) is 0 Å². The van der Waals surface area contributed by atoms with E-state index in [2.05, 4.69) is 0 Å². The number of aromatic carboxylic acids is 1. The molecule has 0 spiro atoms. The number of alkyl halides is 3. The summed E-state index contributed by atoms with van der Waals surface area (Å²) in [5.41, 5.74) is 0.832. The fourth-order valence-electron chi connectivity index (χ4n) is 2.30. The summed E-state index contributed by atoms with van der Waals surface area (Å²) >= 11 is 0. The molecule has 0 aliphatic rings. The van der Waals surface area contributed by atoms with Crippen molar-refractivity contribution in [3.63, 3.8) is 0 Å². The van der Waals surface area contributed by atoms with Gasteiger partial charge in [0, 0.05) is 17.8 Å². The molecule has 3 nitrogen and oxygen atoms in total. The maximum absolute atomic E-state index is 12.8. The predicted molar refractivity (Wildman–Crippen MR) is 72.2 cm³/mol. The summed E-state index contributed by atoms with van der Waals surface area (Å²) in [6, 6.07) is 6.42. The molecule has 6 heteroatoms. The highest BCUT2D eigenvalue weighted by atomic mass is 19.4. The van der Waals surface area contributed by atoms with Gasteiger partial charge < -0.3 is 9.67 Å². The monoisotopic (exact) mass is 297 g/mol. The molecule has 0 unspecified atom stereocenters. The van der Waals surface area contributed by atoms with Gasteiger partial charge in [0.15, 0.2) is 0 Å². The SMILES string of the molecule is CCn1c(C(=O)O)ccc1-c1cc(C(F)(F)F)ccc1C. The van der Waals surface area contributed by atoms with E-state index in [1.165, 1.54) is 22.8 Å². The molecule has 2 rings (SSSR count). The number of hydrogen-bond acceptors (Lipinski definition) is 1. The Hall–Kier alpha value is -2.24. The van der Waals surface area contributed by atoms with Gasteiger partial charge >= 0.3 is 12.1 Å². The van der Waals surface area contributed by atoms with E-state index in [1.807, 2.05) is 0 Å². The fraction of sp³-hybridized carbons (Fsp3) is 0.267. The molecule has 1 heterocycles. The Balaban J connectivity index is 2.64. The molecule has 0 saturated heterocycles. The van der Waals surface area contributed by atoms with E-state index in [-0.39, 0.29) is 5.69 Å².